The number of rotatable bonds is 3. The molecule has 4 aromatic rings. The Balaban J connectivity index is 1.65. The molecule has 0 spiro atoms. The van der Waals surface area contributed by atoms with E-state index in [0.717, 1.165) is 28.3 Å². The molecule has 0 fully saturated rings. The summed E-state index contributed by atoms with van der Waals surface area (Å²) >= 11 is 0. The molecule has 1 aliphatic rings. The maximum Gasteiger partial charge on any atom is 0.417 e. The third-order valence-electron chi connectivity index (χ3n) is 4.98. The van der Waals surface area contributed by atoms with Crippen molar-refractivity contribution < 1.29 is 13.2 Å². The van der Waals surface area contributed by atoms with Gasteiger partial charge in [0.15, 0.2) is 5.82 Å². The van der Waals surface area contributed by atoms with Crippen LogP contribution < -0.4 is 5.32 Å². The van der Waals surface area contributed by atoms with Gasteiger partial charge < -0.3 is 5.32 Å². The van der Waals surface area contributed by atoms with E-state index in [0.29, 0.717) is 17.9 Å². The smallest absolute Gasteiger partial charge is 0.340 e. The fraction of sp³-hybridized carbons (Fsp3) is 0.0870. The van der Waals surface area contributed by atoms with Crippen molar-refractivity contribution in [1.29, 1.82) is 0 Å². The number of aliphatic imine (C=N–C) groups is 1. The van der Waals surface area contributed by atoms with E-state index in [-0.39, 0.29) is 11.4 Å². The van der Waals surface area contributed by atoms with Gasteiger partial charge in [0.1, 0.15) is 5.82 Å². The average Bonchev–Trinajstić information content (AvgIpc) is 3.21. The van der Waals surface area contributed by atoms with Gasteiger partial charge in [0.05, 0.1) is 17.6 Å². The zero-order valence-electron chi connectivity index (χ0n) is 15.6. The highest BCUT2D eigenvalue weighted by molar-refractivity contribution is 5.93. The lowest BCUT2D eigenvalue weighted by molar-refractivity contribution is -0.137. The van der Waals surface area contributed by atoms with Crippen molar-refractivity contribution in [2.24, 2.45) is 4.99 Å². The van der Waals surface area contributed by atoms with Crippen LogP contribution in [0.25, 0.3) is 22.3 Å². The number of anilines is 2. The highest BCUT2D eigenvalue weighted by Gasteiger charge is 2.34. The third kappa shape index (κ3) is 3.28. The summed E-state index contributed by atoms with van der Waals surface area (Å²) < 4.78 is 40.6. The first-order chi connectivity index (χ1) is 14.5. The van der Waals surface area contributed by atoms with Crippen molar-refractivity contribution in [3.63, 3.8) is 0 Å². The zero-order valence-corrected chi connectivity index (χ0v) is 15.6. The molecule has 0 aliphatic carbocycles. The molecule has 0 atom stereocenters. The number of aromatic nitrogens is 2. The Bertz CT molecular complexity index is 1300. The summed E-state index contributed by atoms with van der Waals surface area (Å²) in [4.78, 5) is 13.1. The lowest BCUT2D eigenvalue weighted by Gasteiger charge is -2.15. The number of para-hydroxylation sites is 1. The molecule has 148 valence electrons. The standard InChI is InChI=1S/C23H15F3N4/c24-23(25,26)19-7-3-1-5-17(19)21-29-20-8-4-2-6-18(20)22(30-21)28-16-10-9-14-12-27-13-15(14)11-16/h1-11,13H,12H2,(H,28,29,30). The summed E-state index contributed by atoms with van der Waals surface area (Å²) in [7, 11) is 0. The molecule has 5 rings (SSSR count). The Labute approximate surface area is 170 Å². The minimum Gasteiger partial charge on any atom is -0.340 e. The number of halogens is 3. The van der Waals surface area contributed by atoms with Gasteiger partial charge in [-0.25, -0.2) is 9.97 Å². The van der Waals surface area contributed by atoms with Crippen molar-refractivity contribution in [2.75, 3.05) is 5.32 Å². The number of nitrogens with zero attached hydrogens (tertiary/aromatic N) is 3. The molecule has 0 saturated heterocycles. The van der Waals surface area contributed by atoms with Crippen molar-refractivity contribution in [1.82, 2.24) is 9.97 Å². The average molecular weight is 404 g/mol. The van der Waals surface area contributed by atoms with Crippen LogP contribution in [0.4, 0.5) is 24.7 Å². The van der Waals surface area contributed by atoms with Crippen molar-refractivity contribution >= 4 is 28.6 Å². The van der Waals surface area contributed by atoms with Crippen molar-refractivity contribution in [3.8, 4) is 11.4 Å². The Hall–Kier alpha value is -3.74. The minimum absolute atomic E-state index is 0.0202. The van der Waals surface area contributed by atoms with Crippen LogP contribution in [-0.4, -0.2) is 16.2 Å². The molecule has 2 heterocycles. The first-order valence-electron chi connectivity index (χ1n) is 9.32. The van der Waals surface area contributed by atoms with E-state index in [1.807, 2.05) is 36.5 Å². The van der Waals surface area contributed by atoms with Crippen LogP contribution in [0, 0.1) is 0 Å². The van der Waals surface area contributed by atoms with Crippen LogP contribution in [0.15, 0.2) is 71.7 Å². The molecule has 0 bridgehead atoms. The Morgan fingerprint density at radius 3 is 2.53 bits per heavy atom. The number of alkyl halides is 3. The van der Waals surface area contributed by atoms with Gasteiger partial charge in [-0.3, -0.25) is 4.99 Å². The number of benzene rings is 3. The maximum absolute atomic E-state index is 13.5. The highest BCUT2D eigenvalue weighted by atomic mass is 19.4. The van der Waals surface area contributed by atoms with Gasteiger partial charge in [-0.15, -0.1) is 0 Å². The molecule has 0 radical (unpaired) electrons. The highest BCUT2D eigenvalue weighted by Crippen LogP contribution is 2.37. The summed E-state index contributed by atoms with van der Waals surface area (Å²) in [6.45, 7) is 0.657. The van der Waals surface area contributed by atoms with E-state index in [1.54, 1.807) is 18.2 Å². The first kappa shape index (κ1) is 18.3. The van der Waals surface area contributed by atoms with Gasteiger partial charge in [0.25, 0.3) is 0 Å². The predicted molar refractivity (Wildman–Crippen MR) is 111 cm³/mol. The number of hydrogen-bond donors (Lipinski definition) is 1. The van der Waals surface area contributed by atoms with E-state index >= 15 is 0 Å². The monoisotopic (exact) mass is 404 g/mol. The molecular formula is C23H15F3N4. The van der Waals surface area contributed by atoms with Crippen molar-refractivity contribution in [2.45, 2.75) is 12.7 Å². The number of fused-ring (bicyclic) bond motifs is 2. The van der Waals surface area contributed by atoms with Crippen LogP contribution in [0.1, 0.15) is 16.7 Å². The van der Waals surface area contributed by atoms with Crippen LogP contribution in [0.3, 0.4) is 0 Å². The summed E-state index contributed by atoms with van der Waals surface area (Å²) in [6, 6.07) is 18.4. The second-order valence-electron chi connectivity index (χ2n) is 6.96. The van der Waals surface area contributed by atoms with Crippen LogP contribution >= 0.6 is 0 Å². The van der Waals surface area contributed by atoms with E-state index < -0.39 is 11.7 Å². The summed E-state index contributed by atoms with van der Waals surface area (Å²) in [6.07, 6.45) is -2.69. The van der Waals surface area contributed by atoms with E-state index in [2.05, 4.69) is 20.3 Å². The lowest BCUT2D eigenvalue weighted by atomic mass is 10.1. The van der Waals surface area contributed by atoms with Gasteiger partial charge in [0.2, 0.25) is 0 Å². The molecule has 1 aliphatic heterocycles. The van der Waals surface area contributed by atoms with Gasteiger partial charge in [-0.05, 0) is 41.5 Å². The Kier molecular flexibility index (Phi) is 4.24. The lowest BCUT2D eigenvalue weighted by Crippen LogP contribution is -2.08. The molecule has 1 N–H and O–H groups in total. The predicted octanol–water partition coefficient (Wildman–Crippen LogP) is 5.99. The molecule has 7 heteroatoms. The molecule has 3 aromatic carbocycles. The largest absolute Gasteiger partial charge is 0.417 e. The fourth-order valence-corrected chi connectivity index (χ4v) is 3.53. The van der Waals surface area contributed by atoms with Crippen molar-refractivity contribution in [3.05, 3.63) is 83.4 Å². The first-order valence-corrected chi connectivity index (χ1v) is 9.32. The Morgan fingerprint density at radius 1 is 0.867 bits per heavy atom. The summed E-state index contributed by atoms with van der Waals surface area (Å²) in [5.74, 6) is 0.467. The zero-order chi connectivity index (χ0) is 20.7. The second kappa shape index (κ2) is 6.95. The molecule has 0 saturated carbocycles. The number of hydrogen-bond acceptors (Lipinski definition) is 4. The van der Waals surface area contributed by atoms with Crippen LogP contribution in [0.2, 0.25) is 0 Å². The van der Waals surface area contributed by atoms with E-state index in [1.165, 1.54) is 12.1 Å². The Morgan fingerprint density at radius 2 is 1.67 bits per heavy atom. The summed E-state index contributed by atoms with van der Waals surface area (Å²) in [5, 5.41) is 3.97. The summed E-state index contributed by atoms with van der Waals surface area (Å²) in [5.41, 5.74) is 2.67. The molecule has 4 nitrogen and oxygen atoms in total. The van der Waals surface area contributed by atoms with Crippen LogP contribution in [-0.2, 0) is 12.7 Å². The van der Waals surface area contributed by atoms with Gasteiger partial charge >= 0.3 is 6.18 Å². The van der Waals surface area contributed by atoms with Gasteiger partial charge in [-0.2, -0.15) is 13.2 Å². The number of nitrogens with one attached hydrogen (secondary N) is 1. The molecular weight excluding hydrogens is 389 g/mol. The van der Waals surface area contributed by atoms with E-state index in [4.69, 9.17) is 0 Å². The normalized spacial score (nSPS) is 12.9. The van der Waals surface area contributed by atoms with Gasteiger partial charge in [0, 0.05) is 22.9 Å². The molecule has 1 aromatic heterocycles. The van der Waals surface area contributed by atoms with Gasteiger partial charge in [-0.1, -0.05) is 36.4 Å². The maximum atomic E-state index is 13.5. The quantitative estimate of drug-likeness (QED) is 0.456. The second-order valence-corrected chi connectivity index (χ2v) is 6.96. The minimum atomic E-state index is -4.50. The van der Waals surface area contributed by atoms with Crippen LogP contribution in [0.5, 0.6) is 0 Å². The molecule has 0 amide bonds. The molecule has 0 unspecified atom stereocenters. The SMILES string of the molecule is FC(F)(F)c1ccccc1-c1nc(Nc2ccc3c(c2)C=NC3)c2ccccc2n1. The fourth-order valence-electron chi connectivity index (χ4n) is 3.53. The topological polar surface area (TPSA) is 50.2 Å². The molecule has 30 heavy (non-hydrogen) atoms. The van der Waals surface area contributed by atoms with E-state index in [9.17, 15) is 13.2 Å². The third-order valence-corrected chi connectivity index (χ3v) is 4.98.